The number of carboxylic acid groups (broad SMARTS) is 1. The van der Waals surface area contributed by atoms with Crippen LogP contribution in [0.3, 0.4) is 0 Å². The molecule has 1 aliphatic carbocycles. The second kappa shape index (κ2) is 12.2. The Labute approximate surface area is 229 Å². The van der Waals surface area contributed by atoms with Gasteiger partial charge in [-0.2, -0.15) is 0 Å². The van der Waals surface area contributed by atoms with Crippen LogP contribution in [0.25, 0.3) is 11.1 Å². The molecule has 2 atom stereocenters. The minimum atomic E-state index is -1.01. The van der Waals surface area contributed by atoms with Crippen molar-refractivity contribution in [1.82, 2.24) is 0 Å². The van der Waals surface area contributed by atoms with Crippen LogP contribution in [0.15, 0.2) is 60.7 Å². The topological polar surface area (TPSA) is 85.2 Å². The molecule has 208 valence electrons. The summed E-state index contributed by atoms with van der Waals surface area (Å²) in [5.74, 6) is 0.462. The highest BCUT2D eigenvalue weighted by molar-refractivity contribution is 5.70. The molecule has 6 nitrogen and oxygen atoms in total. The Hall–Kier alpha value is -3.42. The standard InChI is InChI=1S/C32H37FO6/c1-32(2,31(36)38-4)18-23-14-20(8-12-26(23)28-16-24(37-3)11-13-29(28)33)19-39-25-7-5-6-22(15-25)27(17-30(34)35)21-9-10-21/h5-8,11-16,21,27,31,36H,9-10,17-19H2,1-4H3,(H,34,35)/t27-,31?/m0/s1. The number of aliphatic carboxylic acids is 1. The maximum atomic E-state index is 15.0. The lowest BCUT2D eigenvalue weighted by atomic mass is 9.81. The first-order valence-corrected chi connectivity index (χ1v) is 13.2. The molecule has 0 spiro atoms. The molecule has 0 aliphatic heterocycles. The number of aliphatic hydroxyl groups is 1. The Balaban J connectivity index is 1.61. The van der Waals surface area contributed by atoms with Crippen LogP contribution in [-0.2, 0) is 22.6 Å². The summed E-state index contributed by atoms with van der Waals surface area (Å²) in [6.07, 6.45) is 1.65. The Bertz CT molecular complexity index is 1300. The summed E-state index contributed by atoms with van der Waals surface area (Å²) < 4.78 is 31.6. The number of rotatable bonds is 13. The van der Waals surface area contributed by atoms with E-state index in [0.717, 1.165) is 29.5 Å². The number of benzene rings is 3. The molecule has 3 aromatic rings. The fourth-order valence-corrected chi connectivity index (χ4v) is 5.13. The number of aliphatic hydroxyl groups excluding tert-OH is 1. The number of methoxy groups -OCH3 is 2. The van der Waals surface area contributed by atoms with Crippen molar-refractivity contribution in [3.63, 3.8) is 0 Å². The van der Waals surface area contributed by atoms with Crippen molar-refractivity contribution < 1.29 is 33.6 Å². The Morgan fingerprint density at radius 2 is 1.79 bits per heavy atom. The Morgan fingerprint density at radius 1 is 1.03 bits per heavy atom. The average Bonchev–Trinajstić information content (AvgIpc) is 3.76. The molecule has 0 heterocycles. The predicted octanol–water partition coefficient (Wildman–Crippen LogP) is 6.58. The molecule has 7 heteroatoms. The van der Waals surface area contributed by atoms with Gasteiger partial charge in [0.05, 0.1) is 13.5 Å². The van der Waals surface area contributed by atoms with Crippen LogP contribution in [-0.4, -0.2) is 36.7 Å². The molecule has 0 radical (unpaired) electrons. The Kier molecular flexibility index (Phi) is 8.93. The van der Waals surface area contributed by atoms with Gasteiger partial charge in [0.1, 0.15) is 23.9 Å². The molecule has 3 aromatic carbocycles. The maximum absolute atomic E-state index is 15.0. The van der Waals surface area contributed by atoms with E-state index < -0.39 is 17.7 Å². The zero-order chi connectivity index (χ0) is 28.2. The zero-order valence-electron chi connectivity index (χ0n) is 22.9. The predicted molar refractivity (Wildman–Crippen MR) is 147 cm³/mol. The van der Waals surface area contributed by atoms with E-state index in [9.17, 15) is 19.4 Å². The van der Waals surface area contributed by atoms with E-state index in [4.69, 9.17) is 14.2 Å². The van der Waals surface area contributed by atoms with Crippen molar-refractivity contribution in [2.45, 2.75) is 58.3 Å². The van der Waals surface area contributed by atoms with Gasteiger partial charge in [-0.05, 0) is 83.7 Å². The quantitative estimate of drug-likeness (QED) is 0.240. The number of hydrogen-bond acceptors (Lipinski definition) is 5. The number of carbonyl (C=O) groups is 1. The van der Waals surface area contributed by atoms with E-state index in [1.54, 1.807) is 19.2 Å². The van der Waals surface area contributed by atoms with E-state index in [1.807, 2.05) is 56.3 Å². The number of halogens is 1. The van der Waals surface area contributed by atoms with Crippen molar-refractivity contribution in [2.24, 2.45) is 11.3 Å². The molecule has 39 heavy (non-hydrogen) atoms. The molecule has 1 aliphatic rings. The first-order valence-electron chi connectivity index (χ1n) is 13.2. The number of carboxylic acids is 1. The highest BCUT2D eigenvalue weighted by Crippen LogP contribution is 2.45. The van der Waals surface area contributed by atoms with Crippen LogP contribution in [0, 0.1) is 17.2 Å². The molecule has 0 aromatic heterocycles. The van der Waals surface area contributed by atoms with Crippen LogP contribution in [0.2, 0.25) is 0 Å². The summed E-state index contributed by atoms with van der Waals surface area (Å²) >= 11 is 0. The first-order chi connectivity index (χ1) is 18.6. The van der Waals surface area contributed by atoms with Crippen molar-refractivity contribution >= 4 is 5.97 Å². The van der Waals surface area contributed by atoms with Gasteiger partial charge in [-0.3, -0.25) is 4.79 Å². The SMILES string of the molecule is COc1ccc(F)c(-c2ccc(COc3cccc([C@@H](CC(=O)O)C4CC4)c3)cc2CC(C)(C)C(O)OC)c1. The zero-order valence-corrected chi connectivity index (χ0v) is 22.9. The molecular formula is C32H37FO6. The summed E-state index contributed by atoms with van der Waals surface area (Å²) in [5.41, 5.74) is 3.18. The van der Waals surface area contributed by atoms with Gasteiger partial charge in [-0.25, -0.2) is 4.39 Å². The molecule has 0 amide bonds. The van der Waals surface area contributed by atoms with Crippen molar-refractivity contribution in [3.05, 3.63) is 83.2 Å². The van der Waals surface area contributed by atoms with Crippen molar-refractivity contribution in [1.29, 1.82) is 0 Å². The number of hydrogen-bond donors (Lipinski definition) is 2. The van der Waals surface area contributed by atoms with Gasteiger partial charge in [0.2, 0.25) is 0 Å². The minimum absolute atomic E-state index is 0.0101. The highest BCUT2D eigenvalue weighted by atomic mass is 19.1. The third-order valence-corrected chi connectivity index (χ3v) is 7.45. The van der Waals surface area contributed by atoms with Crippen LogP contribution in [0.4, 0.5) is 4.39 Å². The third kappa shape index (κ3) is 7.16. The fraction of sp³-hybridized carbons (Fsp3) is 0.406. The molecule has 4 rings (SSSR count). The summed E-state index contributed by atoms with van der Waals surface area (Å²) in [7, 11) is 3.00. The molecule has 1 saturated carbocycles. The van der Waals surface area contributed by atoms with Crippen LogP contribution >= 0.6 is 0 Å². The fourth-order valence-electron chi connectivity index (χ4n) is 5.13. The monoisotopic (exact) mass is 536 g/mol. The van der Waals surface area contributed by atoms with E-state index in [-0.39, 0.29) is 24.8 Å². The largest absolute Gasteiger partial charge is 0.497 e. The number of ether oxygens (including phenoxy) is 3. The Morgan fingerprint density at radius 3 is 2.46 bits per heavy atom. The molecular weight excluding hydrogens is 499 g/mol. The summed E-state index contributed by atoms with van der Waals surface area (Å²) in [4.78, 5) is 11.4. The lowest BCUT2D eigenvalue weighted by molar-refractivity contribution is -0.145. The van der Waals surface area contributed by atoms with Crippen LogP contribution < -0.4 is 9.47 Å². The van der Waals surface area contributed by atoms with E-state index in [1.165, 1.54) is 13.2 Å². The molecule has 0 bridgehead atoms. The van der Waals surface area contributed by atoms with Gasteiger partial charge >= 0.3 is 5.97 Å². The second-order valence-electron chi connectivity index (χ2n) is 11.0. The summed E-state index contributed by atoms with van der Waals surface area (Å²) in [5, 5.41) is 19.8. The molecule has 1 unspecified atom stereocenters. The average molecular weight is 537 g/mol. The smallest absolute Gasteiger partial charge is 0.303 e. The van der Waals surface area contributed by atoms with Crippen molar-refractivity contribution in [2.75, 3.05) is 14.2 Å². The molecule has 1 fully saturated rings. The van der Waals surface area contributed by atoms with E-state index in [0.29, 0.717) is 35.0 Å². The third-order valence-electron chi connectivity index (χ3n) is 7.45. The van der Waals surface area contributed by atoms with Gasteiger partial charge in [0.25, 0.3) is 0 Å². The van der Waals surface area contributed by atoms with Gasteiger partial charge < -0.3 is 24.4 Å². The van der Waals surface area contributed by atoms with Gasteiger partial charge in [0.15, 0.2) is 6.29 Å². The molecule has 2 N–H and O–H groups in total. The van der Waals surface area contributed by atoms with Crippen LogP contribution in [0.5, 0.6) is 11.5 Å². The highest BCUT2D eigenvalue weighted by Gasteiger charge is 2.34. The summed E-state index contributed by atoms with van der Waals surface area (Å²) in [6.45, 7) is 4.07. The lowest BCUT2D eigenvalue weighted by Gasteiger charge is -2.30. The molecule has 0 saturated heterocycles. The summed E-state index contributed by atoms with van der Waals surface area (Å²) in [6, 6.07) is 18.1. The maximum Gasteiger partial charge on any atom is 0.303 e. The first kappa shape index (κ1) is 28.6. The normalized spacial score (nSPS) is 15.0. The van der Waals surface area contributed by atoms with Crippen LogP contribution in [0.1, 0.15) is 55.7 Å². The van der Waals surface area contributed by atoms with E-state index in [2.05, 4.69) is 0 Å². The lowest BCUT2D eigenvalue weighted by Crippen LogP contribution is -2.33. The van der Waals surface area contributed by atoms with Gasteiger partial charge in [0, 0.05) is 18.1 Å². The van der Waals surface area contributed by atoms with Crippen molar-refractivity contribution in [3.8, 4) is 22.6 Å². The van der Waals surface area contributed by atoms with Gasteiger partial charge in [-0.15, -0.1) is 0 Å². The van der Waals surface area contributed by atoms with Gasteiger partial charge in [-0.1, -0.05) is 44.2 Å². The second-order valence-corrected chi connectivity index (χ2v) is 11.0. The van der Waals surface area contributed by atoms with E-state index >= 15 is 0 Å². The minimum Gasteiger partial charge on any atom is -0.497 e.